The fourth-order valence-corrected chi connectivity index (χ4v) is 4.30. The second-order valence-corrected chi connectivity index (χ2v) is 8.62. The summed E-state index contributed by atoms with van der Waals surface area (Å²) in [6.07, 6.45) is 3.98. The van der Waals surface area contributed by atoms with Crippen LogP contribution in [0, 0.1) is 6.92 Å². The quantitative estimate of drug-likeness (QED) is 0.551. The Bertz CT molecular complexity index is 1020. The molecule has 0 aliphatic carbocycles. The Labute approximate surface area is 179 Å². The van der Waals surface area contributed by atoms with Gasteiger partial charge in [-0.25, -0.2) is 5.43 Å². The van der Waals surface area contributed by atoms with Crippen LogP contribution in [0.15, 0.2) is 47.6 Å². The van der Waals surface area contributed by atoms with E-state index in [1.165, 1.54) is 16.8 Å². The Morgan fingerprint density at radius 1 is 1.17 bits per heavy atom. The van der Waals surface area contributed by atoms with Crippen molar-refractivity contribution in [3.05, 3.63) is 64.7 Å². The second-order valence-electron chi connectivity index (χ2n) is 8.62. The van der Waals surface area contributed by atoms with Crippen LogP contribution in [0.5, 0.6) is 5.75 Å². The summed E-state index contributed by atoms with van der Waals surface area (Å²) in [7, 11) is 1.56. The Balaban J connectivity index is 1.82. The molecule has 0 atom stereocenters. The topological polar surface area (TPSA) is 53.9 Å². The van der Waals surface area contributed by atoms with Gasteiger partial charge >= 0.3 is 0 Å². The third kappa shape index (κ3) is 4.25. The lowest BCUT2D eigenvalue weighted by atomic mass is 9.87. The summed E-state index contributed by atoms with van der Waals surface area (Å²) in [6.45, 7) is 13.0. The van der Waals surface area contributed by atoms with Crippen LogP contribution >= 0.6 is 0 Å². The summed E-state index contributed by atoms with van der Waals surface area (Å²) in [5.74, 6) is 0.235. The van der Waals surface area contributed by atoms with Crippen LogP contribution in [-0.2, 0) is 0 Å². The van der Waals surface area contributed by atoms with Gasteiger partial charge in [0.25, 0.3) is 5.91 Å². The molecule has 0 unspecified atom stereocenters. The van der Waals surface area contributed by atoms with Crippen LogP contribution in [0.3, 0.4) is 0 Å². The number of allylic oxidation sites excluding steroid dienone is 1. The zero-order chi connectivity index (χ0) is 22.1. The van der Waals surface area contributed by atoms with Crippen molar-refractivity contribution in [2.45, 2.75) is 53.1 Å². The first kappa shape index (κ1) is 21.6. The minimum atomic E-state index is -0.301. The number of aryl methyl sites for hydroxylation is 1. The average Bonchev–Trinajstić information content (AvgIpc) is 2.67. The van der Waals surface area contributed by atoms with Crippen molar-refractivity contribution >= 4 is 23.4 Å². The molecule has 2 aromatic carbocycles. The van der Waals surface area contributed by atoms with Gasteiger partial charge in [0.15, 0.2) is 0 Å². The summed E-state index contributed by atoms with van der Waals surface area (Å²) < 4.78 is 5.31. The highest BCUT2D eigenvalue weighted by molar-refractivity contribution is 5.97. The maximum atomic E-state index is 12.5. The maximum absolute atomic E-state index is 12.5. The van der Waals surface area contributed by atoms with Crippen molar-refractivity contribution < 1.29 is 9.53 Å². The molecule has 0 fully saturated rings. The summed E-state index contributed by atoms with van der Waals surface area (Å²) in [5.41, 5.74) is 8.64. The SMILES string of the molecule is COc1cc(C)ccc1C(=O)N/N=C\c1ccc2c(c1)C(C)=CC(C)(C)N2C(C)C. The number of carbonyl (C=O) groups excluding carboxylic acids is 1. The number of rotatable bonds is 5. The molecule has 3 rings (SSSR count). The third-order valence-corrected chi connectivity index (χ3v) is 5.39. The van der Waals surface area contributed by atoms with E-state index in [2.05, 4.69) is 68.3 Å². The molecular formula is C25H31N3O2. The number of anilines is 1. The summed E-state index contributed by atoms with van der Waals surface area (Å²) in [6, 6.07) is 12.1. The third-order valence-electron chi connectivity index (χ3n) is 5.39. The summed E-state index contributed by atoms with van der Waals surface area (Å²) in [4.78, 5) is 14.9. The van der Waals surface area contributed by atoms with E-state index in [0.717, 1.165) is 11.1 Å². The van der Waals surface area contributed by atoms with Gasteiger partial charge in [0.1, 0.15) is 5.75 Å². The molecule has 5 nitrogen and oxygen atoms in total. The van der Waals surface area contributed by atoms with E-state index in [0.29, 0.717) is 17.4 Å². The van der Waals surface area contributed by atoms with Gasteiger partial charge in [-0.3, -0.25) is 4.79 Å². The van der Waals surface area contributed by atoms with Crippen molar-refractivity contribution in [3.63, 3.8) is 0 Å². The Hall–Kier alpha value is -3.08. The second kappa shape index (κ2) is 8.34. The summed E-state index contributed by atoms with van der Waals surface area (Å²) >= 11 is 0. The molecule has 1 N–H and O–H groups in total. The smallest absolute Gasteiger partial charge is 0.275 e. The molecule has 1 aliphatic rings. The van der Waals surface area contributed by atoms with E-state index in [1.54, 1.807) is 19.4 Å². The number of hydrogen-bond acceptors (Lipinski definition) is 4. The molecule has 0 radical (unpaired) electrons. The molecule has 158 valence electrons. The van der Waals surface area contributed by atoms with Crippen LogP contribution < -0.4 is 15.1 Å². The highest BCUT2D eigenvalue weighted by Gasteiger charge is 2.32. The highest BCUT2D eigenvalue weighted by Crippen LogP contribution is 2.40. The zero-order valence-electron chi connectivity index (χ0n) is 18.9. The fourth-order valence-electron chi connectivity index (χ4n) is 4.30. The van der Waals surface area contributed by atoms with Crippen LogP contribution in [0.1, 0.15) is 61.7 Å². The van der Waals surface area contributed by atoms with Crippen LogP contribution in [0.4, 0.5) is 5.69 Å². The largest absolute Gasteiger partial charge is 0.496 e. The van der Waals surface area contributed by atoms with Gasteiger partial charge < -0.3 is 9.64 Å². The highest BCUT2D eigenvalue weighted by atomic mass is 16.5. The summed E-state index contributed by atoms with van der Waals surface area (Å²) in [5, 5.41) is 4.16. The molecule has 0 spiro atoms. The number of hydrogen-bond donors (Lipinski definition) is 1. The fraction of sp³-hybridized carbons (Fsp3) is 0.360. The maximum Gasteiger partial charge on any atom is 0.275 e. The van der Waals surface area contributed by atoms with Gasteiger partial charge in [0, 0.05) is 17.3 Å². The zero-order valence-corrected chi connectivity index (χ0v) is 18.9. The number of hydrazone groups is 1. The number of ether oxygens (including phenoxy) is 1. The van der Waals surface area contributed by atoms with E-state index >= 15 is 0 Å². The van der Waals surface area contributed by atoms with Crippen molar-refractivity contribution in [1.82, 2.24) is 5.43 Å². The van der Waals surface area contributed by atoms with Gasteiger partial charge in [-0.15, -0.1) is 0 Å². The van der Waals surface area contributed by atoms with Crippen molar-refractivity contribution in [1.29, 1.82) is 0 Å². The number of benzene rings is 2. The molecule has 2 aromatic rings. The Morgan fingerprint density at radius 2 is 1.90 bits per heavy atom. The van der Waals surface area contributed by atoms with Crippen LogP contribution in [0.25, 0.3) is 5.57 Å². The molecule has 1 heterocycles. The van der Waals surface area contributed by atoms with E-state index in [9.17, 15) is 4.79 Å². The Morgan fingerprint density at radius 3 is 2.57 bits per heavy atom. The van der Waals surface area contributed by atoms with Crippen LogP contribution in [-0.4, -0.2) is 30.8 Å². The van der Waals surface area contributed by atoms with E-state index in [-0.39, 0.29) is 11.4 Å². The predicted octanol–water partition coefficient (Wildman–Crippen LogP) is 5.18. The minimum Gasteiger partial charge on any atom is -0.496 e. The number of methoxy groups -OCH3 is 1. The molecule has 30 heavy (non-hydrogen) atoms. The predicted molar refractivity (Wildman–Crippen MR) is 125 cm³/mol. The molecule has 1 amide bonds. The molecule has 0 bridgehead atoms. The van der Waals surface area contributed by atoms with Crippen molar-refractivity contribution in [2.75, 3.05) is 12.0 Å². The first-order valence-corrected chi connectivity index (χ1v) is 10.3. The van der Waals surface area contributed by atoms with Gasteiger partial charge in [-0.1, -0.05) is 18.2 Å². The van der Waals surface area contributed by atoms with Crippen LogP contribution in [0.2, 0.25) is 0 Å². The van der Waals surface area contributed by atoms with Crippen molar-refractivity contribution in [2.24, 2.45) is 5.10 Å². The monoisotopic (exact) mass is 405 g/mol. The first-order valence-electron chi connectivity index (χ1n) is 10.3. The lowest BCUT2D eigenvalue weighted by Gasteiger charge is -2.46. The van der Waals surface area contributed by atoms with Crippen molar-refractivity contribution in [3.8, 4) is 5.75 Å². The van der Waals surface area contributed by atoms with E-state index < -0.39 is 0 Å². The lowest BCUT2D eigenvalue weighted by Crippen LogP contribution is -2.49. The Kier molecular flexibility index (Phi) is 6.01. The number of amides is 1. The number of fused-ring (bicyclic) bond motifs is 1. The van der Waals surface area contributed by atoms with Gasteiger partial charge in [-0.05, 0) is 82.5 Å². The van der Waals surface area contributed by atoms with Gasteiger partial charge in [0.05, 0.1) is 24.4 Å². The number of carbonyl (C=O) groups is 1. The van der Waals surface area contributed by atoms with Gasteiger partial charge in [0.2, 0.25) is 0 Å². The van der Waals surface area contributed by atoms with E-state index in [1.807, 2.05) is 25.1 Å². The normalized spacial score (nSPS) is 15.2. The van der Waals surface area contributed by atoms with Gasteiger partial charge in [-0.2, -0.15) is 5.10 Å². The molecule has 1 aliphatic heterocycles. The molecular weight excluding hydrogens is 374 g/mol. The standard InChI is InChI=1S/C25H31N3O2/c1-16(2)28-22-11-9-19(13-21(22)18(4)14-25(28,5)6)15-26-27-24(29)20-10-8-17(3)12-23(20)30-7/h8-16H,1-7H3,(H,27,29)/b26-15-. The first-order chi connectivity index (χ1) is 14.1. The molecule has 0 saturated carbocycles. The minimum absolute atomic E-state index is 0.0398. The number of nitrogens with one attached hydrogen (secondary N) is 1. The molecule has 5 heteroatoms. The average molecular weight is 406 g/mol. The number of nitrogens with zero attached hydrogens (tertiary/aromatic N) is 2. The molecule has 0 aromatic heterocycles. The van der Waals surface area contributed by atoms with E-state index in [4.69, 9.17) is 4.74 Å². The molecule has 0 saturated heterocycles. The lowest BCUT2D eigenvalue weighted by molar-refractivity contribution is 0.0952.